The number of carboxylic acid groups (broad SMARTS) is 1. The number of benzene rings is 1. The summed E-state index contributed by atoms with van der Waals surface area (Å²) in [5.74, 6) is -0.749. The lowest BCUT2D eigenvalue weighted by Gasteiger charge is -2.25. The van der Waals surface area contributed by atoms with Gasteiger partial charge in [-0.25, -0.2) is 0 Å². The van der Waals surface area contributed by atoms with E-state index in [1.54, 1.807) is 0 Å². The van der Waals surface area contributed by atoms with Crippen LogP contribution in [-0.4, -0.2) is 11.1 Å². The highest BCUT2D eigenvalue weighted by Crippen LogP contribution is 2.29. The van der Waals surface area contributed by atoms with Gasteiger partial charge in [-0.3, -0.25) is 4.79 Å². The lowest BCUT2D eigenvalue weighted by molar-refractivity contribution is -0.138. The number of rotatable bonds is 3. The molecule has 0 aliphatic heterocycles. The van der Waals surface area contributed by atoms with Crippen molar-refractivity contribution < 1.29 is 9.90 Å². The summed E-state index contributed by atoms with van der Waals surface area (Å²) >= 11 is 0. The molecule has 0 amide bonds. The highest BCUT2D eigenvalue weighted by molar-refractivity contribution is 5.69. The zero-order valence-electron chi connectivity index (χ0n) is 10.7. The molecule has 0 spiro atoms. The number of hydrogen-bond donors (Lipinski definition) is 1. The third-order valence-electron chi connectivity index (χ3n) is 3.30. The van der Waals surface area contributed by atoms with E-state index in [1.165, 1.54) is 16.7 Å². The Morgan fingerprint density at radius 1 is 1.19 bits per heavy atom. The quantitative estimate of drug-likeness (QED) is 0.848. The predicted molar refractivity (Wildman–Crippen MR) is 65.9 cm³/mol. The Labute approximate surface area is 97.3 Å². The molecule has 2 nitrogen and oxygen atoms in total. The maximum absolute atomic E-state index is 10.8. The van der Waals surface area contributed by atoms with Crippen LogP contribution >= 0.6 is 0 Å². The van der Waals surface area contributed by atoms with Crippen molar-refractivity contribution in [1.29, 1.82) is 0 Å². The van der Waals surface area contributed by atoms with Crippen LogP contribution in [-0.2, 0) is 10.2 Å². The summed E-state index contributed by atoms with van der Waals surface area (Å²) in [5, 5.41) is 8.90. The molecule has 0 aliphatic rings. The van der Waals surface area contributed by atoms with E-state index < -0.39 is 5.97 Å². The first-order valence-electron chi connectivity index (χ1n) is 5.54. The molecule has 0 heterocycles. The average molecular weight is 220 g/mol. The lowest BCUT2D eigenvalue weighted by Crippen LogP contribution is -2.22. The van der Waals surface area contributed by atoms with Crippen molar-refractivity contribution in [1.82, 2.24) is 0 Å². The first kappa shape index (κ1) is 12.8. The van der Waals surface area contributed by atoms with Crippen LogP contribution in [0.5, 0.6) is 0 Å². The molecule has 0 unspecified atom stereocenters. The summed E-state index contributed by atoms with van der Waals surface area (Å²) in [7, 11) is 0. The molecule has 0 aliphatic carbocycles. The van der Waals surface area contributed by atoms with Gasteiger partial charge >= 0.3 is 5.97 Å². The van der Waals surface area contributed by atoms with Gasteiger partial charge in [0.1, 0.15) is 0 Å². The standard InChI is InChI=1S/C14H20O2/c1-9-6-12(7-10(2)11(9)3)14(4,5)8-13(15)16/h6-7H,8H2,1-5H3,(H,15,16). The lowest BCUT2D eigenvalue weighted by atomic mass is 9.79. The minimum Gasteiger partial charge on any atom is -0.481 e. The van der Waals surface area contributed by atoms with E-state index >= 15 is 0 Å². The van der Waals surface area contributed by atoms with Gasteiger partial charge in [-0.15, -0.1) is 0 Å². The molecule has 1 N–H and O–H groups in total. The van der Waals surface area contributed by atoms with Gasteiger partial charge in [-0.1, -0.05) is 26.0 Å². The van der Waals surface area contributed by atoms with Crippen LogP contribution in [0.1, 0.15) is 42.5 Å². The highest BCUT2D eigenvalue weighted by Gasteiger charge is 2.24. The van der Waals surface area contributed by atoms with Crippen LogP contribution in [0.4, 0.5) is 0 Å². The average Bonchev–Trinajstić information content (AvgIpc) is 2.11. The normalized spacial score (nSPS) is 11.6. The summed E-state index contributed by atoms with van der Waals surface area (Å²) in [6.45, 7) is 10.2. The molecule has 1 rings (SSSR count). The Bertz CT molecular complexity index is 394. The summed E-state index contributed by atoms with van der Waals surface area (Å²) in [5.41, 5.74) is 4.54. The number of carboxylic acids is 1. The minimum absolute atomic E-state index is 0.162. The van der Waals surface area contributed by atoms with E-state index in [1.807, 2.05) is 13.8 Å². The van der Waals surface area contributed by atoms with Crippen LogP contribution < -0.4 is 0 Å². The maximum Gasteiger partial charge on any atom is 0.304 e. The Morgan fingerprint density at radius 2 is 1.62 bits per heavy atom. The second-order valence-electron chi connectivity index (χ2n) is 5.19. The maximum atomic E-state index is 10.8. The third kappa shape index (κ3) is 2.63. The molecule has 16 heavy (non-hydrogen) atoms. The fourth-order valence-corrected chi connectivity index (χ4v) is 1.91. The topological polar surface area (TPSA) is 37.3 Å². The van der Waals surface area contributed by atoms with E-state index in [4.69, 9.17) is 5.11 Å². The minimum atomic E-state index is -0.749. The molecule has 88 valence electrons. The fraction of sp³-hybridized carbons (Fsp3) is 0.500. The fourth-order valence-electron chi connectivity index (χ4n) is 1.91. The largest absolute Gasteiger partial charge is 0.481 e. The van der Waals surface area contributed by atoms with Crippen molar-refractivity contribution >= 4 is 5.97 Å². The van der Waals surface area contributed by atoms with Crippen molar-refractivity contribution in [2.45, 2.75) is 46.5 Å². The zero-order chi connectivity index (χ0) is 12.5. The van der Waals surface area contributed by atoms with E-state index in [2.05, 4.69) is 32.9 Å². The number of carbonyl (C=O) groups is 1. The molecule has 0 bridgehead atoms. The Balaban J connectivity index is 3.18. The van der Waals surface area contributed by atoms with Gasteiger partial charge in [0, 0.05) is 5.41 Å². The van der Waals surface area contributed by atoms with Gasteiger partial charge in [0.15, 0.2) is 0 Å². The van der Waals surface area contributed by atoms with Gasteiger partial charge in [-0.2, -0.15) is 0 Å². The van der Waals surface area contributed by atoms with Gasteiger partial charge in [0.25, 0.3) is 0 Å². The smallest absolute Gasteiger partial charge is 0.304 e. The van der Waals surface area contributed by atoms with Gasteiger partial charge < -0.3 is 5.11 Å². The SMILES string of the molecule is Cc1cc(C(C)(C)CC(=O)O)cc(C)c1C. The van der Waals surface area contributed by atoms with Crippen LogP contribution in [0.3, 0.4) is 0 Å². The summed E-state index contributed by atoms with van der Waals surface area (Å²) in [4.78, 5) is 10.8. The van der Waals surface area contributed by atoms with Crippen LogP contribution in [0.2, 0.25) is 0 Å². The summed E-state index contributed by atoms with van der Waals surface area (Å²) in [6.07, 6.45) is 0.162. The molecule has 0 saturated carbocycles. The third-order valence-corrected chi connectivity index (χ3v) is 3.30. The monoisotopic (exact) mass is 220 g/mol. The Kier molecular flexibility index (Phi) is 3.41. The molecule has 2 heteroatoms. The second-order valence-corrected chi connectivity index (χ2v) is 5.19. The van der Waals surface area contributed by atoms with Gasteiger partial charge in [-0.05, 0) is 43.0 Å². The molecule has 0 aromatic heterocycles. The van der Waals surface area contributed by atoms with Gasteiger partial charge in [0.2, 0.25) is 0 Å². The molecular weight excluding hydrogens is 200 g/mol. The second kappa shape index (κ2) is 4.28. The predicted octanol–water partition coefficient (Wildman–Crippen LogP) is 3.36. The Hall–Kier alpha value is -1.31. The highest BCUT2D eigenvalue weighted by atomic mass is 16.4. The molecule has 0 atom stereocenters. The first-order valence-corrected chi connectivity index (χ1v) is 5.54. The molecule has 0 radical (unpaired) electrons. The Morgan fingerprint density at radius 3 is 2.00 bits per heavy atom. The van der Waals surface area contributed by atoms with Crippen molar-refractivity contribution in [2.75, 3.05) is 0 Å². The summed E-state index contributed by atoms with van der Waals surface area (Å²) in [6, 6.07) is 4.20. The van der Waals surface area contributed by atoms with Crippen LogP contribution in [0.25, 0.3) is 0 Å². The van der Waals surface area contributed by atoms with Crippen molar-refractivity contribution in [3.8, 4) is 0 Å². The van der Waals surface area contributed by atoms with E-state index in [0.717, 1.165) is 5.56 Å². The van der Waals surface area contributed by atoms with Crippen LogP contribution in [0, 0.1) is 20.8 Å². The molecule has 1 aromatic carbocycles. The van der Waals surface area contributed by atoms with Crippen molar-refractivity contribution in [2.24, 2.45) is 0 Å². The van der Waals surface area contributed by atoms with E-state index in [9.17, 15) is 4.79 Å². The number of aliphatic carboxylic acids is 1. The number of hydrogen-bond acceptors (Lipinski definition) is 1. The van der Waals surface area contributed by atoms with Crippen molar-refractivity contribution in [3.63, 3.8) is 0 Å². The molecule has 1 aromatic rings. The van der Waals surface area contributed by atoms with Crippen LogP contribution in [0.15, 0.2) is 12.1 Å². The van der Waals surface area contributed by atoms with Gasteiger partial charge in [0.05, 0.1) is 6.42 Å². The molecule has 0 saturated heterocycles. The van der Waals surface area contributed by atoms with E-state index in [0.29, 0.717) is 0 Å². The molecule has 0 fully saturated rings. The molecular formula is C14H20O2. The first-order chi connectivity index (χ1) is 7.24. The summed E-state index contributed by atoms with van der Waals surface area (Å²) < 4.78 is 0. The zero-order valence-corrected chi connectivity index (χ0v) is 10.7. The van der Waals surface area contributed by atoms with E-state index in [-0.39, 0.29) is 11.8 Å². The van der Waals surface area contributed by atoms with Crippen molar-refractivity contribution in [3.05, 3.63) is 34.4 Å². The number of aryl methyl sites for hydroxylation is 2.